The average molecular weight is 318 g/mol. The summed E-state index contributed by atoms with van der Waals surface area (Å²) in [6.07, 6.45) is 0.650. The summed E-state index contributed by atoms with van der Waals surface area (Å²) in [6.45, 7) is 6.36. The smallest absolute Gasteiger partial charge is 0.319 e. The predicted molar refractivity (Wildman–Crippen MR) is 86.9 cm³/mol. The van der Waals surface area contributed by atoms with Crippen LogP contribution in [0.15, 0.2) is 34.3 Å². The van der Waals surface area contributed by atoms with E-state index in [1.165, 1.54) is 6.07 Å². The summed E-state index contributed by atoms with van der Waals surface area (Å²) in [6, 6.07) is 4.51. The molecule has 1 aromatic rings. The highest BCUT2D eigenvalue weighted by Crippen LogP contribution is 2.11. The van der Waals surface area contributed by atoms with Crippen molar-refractivity contribution in [2.45, 2.75) is 39.8 Å². The third-order valence-electron chi connectivity index (χ3n) is 3.84. The van der Waals surface area contributed by atoms with E-state index in [4.69, 9.17) is 0 Å². The Kier molecular flexibility index (Phi) is 5.20. The lowest BCUT2D eigenvalue weighted by Crippen LogP contribution is -2.50. The van der Waals surface area contributed by atoms with Crippen LogP contribution in [0.5, 0.6) is 0 Å². The van der Waals surface area contributed by atoms with E-state index in [0.717, 1.165) is 5.69 Å². The van der Waals surface area contributed by atoms with E-state index in [-0.39, 0.29) is 23.5 Å². The zero-order valence-electron chi connectivity index (χ0n) is 13.6. The van der Waals surface area contributed by atoms with Crippen LogP contribution < -0.4 is 21.5 Å². The van der Waals surface area contributed by atoms with Gasteiger partial charge >= 0.3 is 6.03 Å². The molecular weight excluding hydrogens is 296 g/mol. The molecule has 0 bridgehead atoms. The van der Waals surface area contributed by atoms with E-state index in [2.05, 4.69) is 16.0 Å². The number of aromatic nitrogens is 1. The number of amides is 3. The van der Waals surface area contributed by atoms with Crippen molar-refractivity contribution in [1.82, 2.24) is 20.5 Å². The van der Waals surface area contributed by atoms with E-state index in [9.17, 15) is 14.4 Å². The Morgan fingerprint density at radius 1 is 1.30 bits per heavy atom. The van der Waals surface area contributed by atoms with Crippen molar-refractivity contribution in [2.24, 2.45) is 0 Å². The number of hydrogen-bond donors (Lipinski definition) is 3. The molecular formula is C16H22N4O3. The first kappa shape index (κ1) is 16.8. The molecule has 2 rings (SSSR count). The van der Waals surface area contributed by atoms with Crippen LogP contribution >= 0.6 is 0 Å². The molecule has 0 fully saturated rings. The van der Waals surface area contributed by atoms with Crippen molar-refractivity contribution >= 4 is 11.9 Å². The van der Waals surface area contributed by atoms with E-state index in [0.29, 0.717) is 30.8 Å². The molecule has 0 saturated carbocycles. The normalized spacial score (nSPS) is 17.5. The van der Waals surface area contributed by atoms with Gasteiger partial charge in [0.05, 0.1) is 11.6 Å². The fourth-order valence-electron chi connectivity index (χ4n) is 2.68. The number of carbonyl (C=O) groups is 2. The number of urea groups is 1. The van der Waals surface area contributed by atoms with Crippen molar-refractivity contribution in [3.05, 3.63) is 45.5 Å². The summed E-state index contributed by atoms with van der Waals surface area (Å²) >= 11 is 0. The van der Waals surface area contributed by atoms with Crippen molar-refractivity contribution in [3.8, 4) is 0 Å². The van der Waals surface area contributed by atoms with Crippen LogP contribution in [-0.2, 0) is 11.3 Å². The van der Waals surface area contributed by atoms with Gasteiger partial charge in [0, 0.05) is 30.5 Å². The summed E-state index contributed by atoms with van der Waals surface area (Å²) < 4.78 is 1.68. The van der Waals surface area contributed by atoms with Gasteiger partial charge in [0.2, 0.25) is 0 Å². The van der Waals surface area contributed by atoms with E-state index in [1.807, 2.05) is 13.0 Å². The first-order valence-corrected chi connectivity index (χ1v) is 7.63. The number of pyridine rings is 1. The van der Waals surface area contributed by atoms with Crippen LogP contribution in [0, 0.1) is 6.92 Å². The SMILES string of the molecule is CC1=C(C(=O)NCCCn2c(C)cccc2=O)[C@@H](C)NC(=O)N1. The molecule has 7 heteroatoms. The molecule has 7 nitrogen and oxygen atoms in total. The van der Waals surface area contributed by atoms with Gasteiger partial charge in [-0.25, -0.2) is 4.79 Å². The Bertz CT molecular complexity index is 706. The van der Waals surface area contributed by atoms with Gasteiger partial charge in [0.15, 0.2) is 0 Å². The number of carbonyl (C=O) groups excluding carboxylic acids is 2. The van der Waals surface area contributed by atoms with Gasteiger partial charge in [-0.05, 0) is 33.3 Å². The second-order valence-corrected chi connectivity index (χ2v) is 5.63. The number of nitrogens with zero attached hydrogens (tertiary/aromatic N) is 1. The minimum absolute atomic E-state index is 0.0392. The van der Waals surface area contributed by atoms with Crippen molar-refractivity contribution in [3.63, 3.8) is 0 Å². The van der Waals surface area contributed by atoms with E-state index in [1.54, 1.807) is 24.5 Å². The third-order valence-corrected chi connectivity index (χ3v) is 3.84. The summed E-state index contributed by atoms with van der Waals surface area (Å²) in [5.74, 6) is -0.209. The Labute approximate surface area is 134 Å². The molecule has 2 heterocycles. The standard InChI is InChI=1S/C16H22N4O3/c1-10-6-4-7-13(21)20(10)9-5-8-17-15(22)14-11(2)18-16(23)19-12(14)3/h4,6-7,11H,5,8-9H2,1-3H3,(H,17,22)(H2,18,19,23)/t11-/m1/s1. The monoisotopic (exact) mass is 318 g/mol. The van der Waals surface area contributed by atoms with Crippen LogP contribution in [0.25, 0.3) is 0 Å². The first-order chi connectivity index (χ1) is 10.9. The van der Waals surface area contributed by atoms with Crippen LogP contribution in [0.3, 0.4) is 0 Å². The fraction of sp³-hybridized carbons (Fsp3) is 0.438. The predicted octanol–water partition coefficient (Wildman–Crippen LogP) is 0.638. The lowest BCUT2D eigenvalue weighted by molar-refractivity contribution is -0.117. The molecule has 1 atom stereocenters. The van der Waals surface area contributed by atoms with Crippen molar-refractivity contribution in [2.75, 3.05) is 6.54 Å². The van der Waals surface area contributed by atoms with Crippen molar-refractivity contribution in [1.29, 1.82) is 0 Å². The molecule has 0 unspecified atom stereocenters. The minimum atomic E-state index is -0.331. The Morgan fingerprint density at radius 2 is 2.04 bits per heavy atom. The number of rotatable bonds is 5. The maximum atomic E-state index is 12.2. The fourth-order valence-corrected chi connectivity index (χ4v) is 2.68. The second kappa shape index (κ2) is 7.13. The molecule has 1 aliphatic heterocycles. The molecule has 1 aromatic heterocycles. The maximum Gasteiger partial charge on any atom is 0.319 e. The molecule has 0 spiro atoms. The minimum Gasteiger partial charge on any atom is -0.352 e. The lowest BCUT2D eigenvalue weighted by Gasteiger charge is -2.25. The van der Waals surface area contributed by atoms with Crippen LogP contribution in [0.2, 0.25) is 0 Å². The van der Waals surface area contributed by atoms with Crippen LogP contribution in [0.1, 0.15) is 26.0 Å². The Hall–Kier alpha value is -2.57. The summed E-state index contributed by atoms with van der Waals surface area (Å²) in [5.41, 5.74) is 1.95. The summed E-state index contributed by atoms with van der Waals surface area (Å²) in [7, 11) is 0. The third kappa shape index (κ3) is 4.00. The van der Waals surface area contributed by atoms with Gasteiger partial charge in [0.25, 0.3) is 11.5 Å². The first-order valence-electron chi connectivity index (χ1n) is 7.63. The van der Waals surface area contributed by atoms with E-state index >= 15 is 0 Å². The molecule has 0 aromatic carbocycles. The lowest BCUT2D eigenvalue weighted by atomic mass is 10.0. The molecule has 23 heavy (non-hydrogen) atoms. The average Bonchev–Trinajstić information content (AvgIpc) is 2.44. The van der Waals surface area contributed by atoms with Crippen LogP contribution in [-0.4, -0.2) is 29.1 Å². The van der Waals surface area contributed by atoms with Gasteiger partial charge in [-0.2, -0.15) is 0 Å². The zero-order valence-corrected chi connectivity index (χ0v) is 13.6. The number of allylic oxidation sites excluding steroid dienone is 1. The molecule has 1 aliphatic rings. The quantitative estimate of drug-likeness (QED) is 0.696. The number of hydrogen-bond acceptors (Lipinski definition) is 3. The second-order valence-electron chi connectivity index (χ2n) is 5.63. The molecule has 124 valence electrons. The topological polar surface area (TPSA) is 92.2 Å². The Balaban J connectivity index is 1.89. The number of nitrogens with one attached hydrogen (secondary N) is 3. The molecule has 0 aliphatic carbocycles. The highest BCUT2D eigenvalue weighted by atomic mass is 16.2. The highest BCUT2D eigenvalue weighted by Gasteiger charge is 2.26. The van der Waals surface area contributed by atoms with E-state index < -0.39 is 0 Å². The van der Waals surface area contributed by atoms with Gasteiger partial charge in [-0.1, -0.05) is 6.07 Å². The Morgan fingerprint density at radius 3 is 2.70 bits per heavy atom. The van der Waals surface area contributed by atoms with Crippen LogP contribution in [0.4, 0.5) is 4.79 Å². The van der Waals surface area contributed by atoms with Gasteiger partial charge < -0.3 is 20.5 Å². The summed E-state index contributed by atoms with van der Waals surface area (Å²) in [4.78, 5) is 35.3. The number of aryl methyl sites for hydroxylation is 1. The van der Waals surface area contributed by atoms with Gasteiger partial charge in [-0.3, -0.25) is 9.59 Å². The maximum absolute atomic E-state index is 12.2. The van der Waals surface area contributed by atoms with Gasteiger partial charge in [-0.15, -0.1) is 0 Å². The molecule has 0 saturated heterocycles. The largest absolute Gasteiger partial charge is 0.352 e. The molecule has 3 amide bonds. The zero-order chi connectivity index (χ0) is 17.0. The van der Waals surface area contributed by atoms with Crippen molar-refractivity contribution < 1.29 is 9.59 Å². The highest BCUT2D eigenvalue weighted by molar-refractivity contribution is 5.98. The van der Waals surface area contributed by atoms with Gasteiger partial charge in [0.1, 0.15) is 0 Å². The molecule has 3 N–H and O–H groups in total. The molecule has 0 radical (unpaired) electrons. The summed E-state index contributed by atoms with van der Waals surface area (Å²) in [5, 5.41) is 8.09.